The molecule has 1 fully saturated rings. The van der Waals surface area contributed by atoms with Crippen LogP contribution < -0.4 is 0 Å². The normalized spacial score (nSPS) is 28.0. The maximum Gasteiger partial charge on any atom is 0.312 e. The number of hydrogen-bond acceptors (Lipinski definition) is 3. The third kappa shape index (κ3) is 1.74. The molecule has 1 aromatic rings. The fourth-order valence-corrected chi connectivity index (χ4v) is 2.84. The topological polar surface area (TPSA) is 64.3 Å². The molecule has 2 unspecified atom stereocenters. The van der Waals surface area contributed by atoms with Gasteiger partial charge in [0.25, 0.3) is 0 Å². The van der Waals surface area contributed by atoms with Crippen molar-refractivity contribution in [2.24, 2.45) is 0 Å². The molecule has 0 radical (unpaired) electrons. The van der Waals surface area contributed by atoms with Gasteiger partial charge in [-0.1, -0.05) is 0 Å². The molecule has 5 nitrogen and oxygen atoms in total. The van der Waals surface area contributed by atoms with Crippen LogP contribution in [-0.2, 0) is 16.1 Å². The average molecular weight is 236 g/mol. The first kappa shape index (κ1) is 10.8. The minimum absolute atomic E-state index is 0.344. The molecule has 92 valence electrons. The Hall–Kier alpha value is -1.36. The zero-order chi connectivity index (χ0) is 11.8. The third-order valence-electron chi connectivity index (χ3n) is 3.74. The highest BCUT2D eigenvalue weighted by Crippen LogP contribution is 2.32. The number of carboxylic acids is 1. The second-order valence-corrected chi connectivity index (χ2v) is 4.79. The summed E-state index contributed by atoms with van der Waals surface area (Å²) < 4.78 is 7.48. The number of imidazole rings is 1. The first-order chi connectivity index (χ1) is 8.27. The fourth-order valence-electron chi connectivity index (χ4n) is 2.84. The zero-order valence-electron chi connectivity index (χ0n) is 9.63. The molecular weight excluding hydrogens is 220 g/mol. The van der Waals surface area contributed by atoms with Gasteiger partial charge in [0.1, 0.15) is 5.82 Å². The smallest absolute Gasteiger partial charge is 0.312 e. The van der Waals surface area contributed by atoms with Crippen molar-refractivity contribution in [3.63, 3.8) is 0 Å². The molecular formula is C12H16N2O3. The summed E-state index contributed by atoms with van der Waals surface area (Å²) >= 11 is 0. The van der Waals surface area contributed by atoms with E-state index in [1.54, 1.807) is 6.20 Å². The van der Waals surface area contributed by atoms with Crippen LogP contribution in [-0.4, -0.2) is 33.8 Å². The second-order valence-electron chi connectivity index (χ2n) is 4.79. The SMILES string of the molecule is O=C(O)C1CCCn2c1cnc2C1CCOC1. The molecule has 0 amide bonds. The summed E-state index contributed by atoms with van der Waals surface area (Å²) in [6.07, 6.45) is 4.38. The van der Waals surface area contributed by atoms with Crippen LogP contribution >= 0.6 is 0 Å². The summed E-state index contributed by atoms with van der Waals surface area (Å²) in [6, 6.07) is 0. The Morgan fingerprint density at radius 3 is 3.12 bits per heavy atom. The van der Waals surface area contributed by atoms with Crippen LogP contribution in [0.4, 0.5) is 0 Å². The molecule has 0 bridgehead atoms. The van der Waals surface area contributed by atoms with E-state index in [1.165, 1.54) is 0 Å². The van der Waals surface area contributed by atoms with E-state index in [-0.39, 0.29) is 5.92 Å². The second kappa shape index (κ2) is 4.14. The number of ether oxygens (including phenoxy) is 1. The van der Waals surface area contributed by atoms with E-state index in [0.717, 1.165) is 43.9 Å². The first-order valence-electron chi connectivity index (χ1n) is 6.13. The van der Waals surface area contributed by atoms with Gasteiger partial charge in [0.2, 0.25) is 0 Å². The lowest BCUT2D eigenvalue weighted by molar-refractivity contribution is -0.139. The first-order valence-corrected chi connectivity index (χ1v) is 6.13. The van der Waals surface area contributed by atoms with Crippen molar-refractivity contribution in [3.05, 3.63) is 17.7 Å². The minimum atomic E-state index is -0.736. The quantitative estimate of drug-likeness (QED) is 0.841. The Morgan fingerprint density at radius 1 is 1.53 bits per heavy atom. The van der Waals surface area contributed by atoms with E-state index < -0.39 is 5.97 Å². The standard InChI is InChI=1S/C12H16N2O3/c15-12(16)9-2-1-4-14-10(9)6-13-11(14)8-3-5-17-7-8/h6,8-9H,1-5,7H2,(H,15,16). The van der Waals surface area contributed by atoms with Crippen molar-refractivity contribution in [1.29, 1.82) is 0 Å². The number of rotatable bonds is 2. The van der Waals surface area contributed by atoms with Crippen molar-refractivity contribution in [1.82, 2.24) is 9.55 Å². The Morgan fingerprint density at radius 2 is 2.41 bits per heavy atom. The predicted molar refractivity (Wildman–Crippen MR) is 60.0 cm³/mol. The van der Waals surface area contributed by atoms with Crippen LogP contribution in [0.5, 0.6) is 0 Å². The van der Waals surface area contributed by atoms with E-state index in [9.17, 15) is 9.90 Å². The number of aliphatic carboxylic acids is 1. The number of nitrogens with zero attached hydrogens (tertiary/aromatic N) is 2. The van der Waals surface area contributed by atoms with Crippen LogP contribution in [0, 0.1) is 0 Å². The van der Waals surface area contributed by atoms with Gasteiger partial charge in [0, 0.05) is 25.3 Å². The van der Waals surface area contributed by atoms with E-state index in [2.05, 4.69) is 9.55 Å². The molecule has 2 aliphatic rings. The Kier molecular flexibility index (Phi) is 2.63. The lowest BCUT2D eigenvalue weighted by Crippen LogP contribution is -2.23. The van der Waals surface area contributed by atoms with Crippen LogP contribution in [0.3, 0.4) is 0 Å². The van der Waals surface area contributed by atoms with Gasteiger partial charge in [0.15, 0.2) is 0 Å². The van der Waals surface area contributed by atoms with Crippen molar-refractivity contribution in [2.75, 3.05) is 13.2 Å². The van der Waals surface area contributed by atoms with E-state index in [0.29, 0.717) is 12.5 Å². The van der Waals surface area contributed by atoms with Crippen LogP contribution in [0.1, 0.15) is 42.6 Å². The maximum atomic E-state index is 11.2. The summed E-state index contributed by atoms with van der Waals surface area (Å²) in [4.78, 5) is 15.6. The number of aromatic nitrogens is 2. The van der Waals surface area contributed by atoms with E-state index in [1.807, 2.05) is 0 Å². The lowest BCUT2D eigenvalue weighted by atomic mass is 9.96. The number of carboxylic acid groups (broad SMARTS) is 1. The molecule has 1 aromatic heterocycles. The van der Waals surface area contributed by atoms with E-state index >= 15 is 0 Å². The third-order valence-corrected chi connectivity index (χ3v) is 3.74. The van der Waals surface area contributed by atoms with Gasteiger partial charge in [-0.05, 0) is 19.3 Å². The van der Waals surface area contributed by atoms with Gasteiger partial charge in [-0.3, -0.25) is 4.79 Å². The van der Waals surface area contributed by atoms with Gasteiger partial charge in [-0.2, -0.15) is 0 Å². The lowest BCUT2D eigenvalue weighted by Gasteiger charge is -2.23. The molecule has 5 heteroatoms. The largest absolute Gasteiger partial charge is 0.481 e. The molecule has 3 rings (SSSR count). The Bertz CT molecular complexity index is 435. The highest BCUT2D eigenvalue weighted by Gasteiger charge is 2.31. The molecule has 2 atom stereocenters. The molecule has 1 saturated heterocycles. The molecule has 1 N–H and O–H groups in total. The van der Waals surface area contributed by atoms with Crippen molar-refractivity contribution < 1.29 is 14.6 Å². The molecule has 0 aliphatic carbocycles. The molecule has 0 aromatic carbocycles. The van der Waals surface area contributed by atoms with E-state index in [4.69, 9.17) is 4.74 Å². The van der Waals surface area contributed by atoms with Gasteiger partial charge in [0.05, 0.1) is 18.2 Å². The predicted octanol–water partition coefficient (Wildman–Crippen LogP) is 1.35. The minimum Gasteiger partial charge on any atom is -0.481 e. The fraction of sp³-hybridized carbons (Fsp3) is 0.667. The summed E-state index contributed by atoms with van der Waals surface area (Å²) in [5, 5.41) is 9.19. The molecule has 0 saturated carbocycles. The molecule has 0 spiro atoms. The van der Waals surface area contributed by atoms with Gasteiger partial charge in [-0.15, -0.1) is 0 Å². The Balaban J connectivity index is 1.95. The van der Waals surface area contributed by atoms with Crippen LogP contribution in [0.2, 0.25) is 0 Å². The number of hydrogen-bond donors (Lipinski definition) is 1. The highest BCUT2D eigenvalue weighted by atomic mass is 16.5. The average Bonchev–Trinajstić information content (AvgIpc) is 2.96. The highest BCUT2D eigenvalue weighted by molar-refractivity contribution is 5.75. The van der Waals surface area contributed by atoms with Gasteiger partial charge >= 0.3 is 5.97 Å². The summed E-state index contributed by atoms with van der Waals surface area (Å²) in [6.45, 7) is 2.40. The summed E-state index contributed by atoms with van der Waals surface area (Å²) in [5.41, 5.74) is 0.866. The molecule has 2 aliphatic heterocycles. The Labute approximate surface area is 99.4 Å². The van der Waals surface area contributed by atoms with Crippen LogP contribution in [0.15, 0.2) is 6.20 Å². The summed E-state index contributed by atoms with van der Waals surface area (Å²) in [5.74, 6) is 0.243. The van der Waals surface area contributed by atoms with Crippen molar-refractivity contribution >= 4 is 5.97 Å². The van der Waals surface area contributed by atoms with Crippen molar-refractivity contribution in [2.45, 2.75) is 37.6 Å². The number of carbonyl (C=O) groups is 1. The number of fused-ring (bicyclic) bond motifs is 1. The van der Waals surface area contributed by atoms with Gasteiger partial charge < -0.3 is 14.4 Å². The zero-order valence-corrected chi connectivity index (χ0v) is 9.63. The van der Waals surface area contributed by atoms with Crippen LogP contribution in [0.25, 0.3) is 0 Å². The molecule has 17 heavy (non-hydrogen) atoms. The monoisotopic (exact) mass is 236 g/mol. The van der Waals surface area contributed by atoms with Crippen molar-refractivity contribution in [3.8, 4) is 0 Å². The maximum absolute atomic E-state index is 11.2. The van der Waals surface area contributed by atoms with Gasteiger partial charge in [-0.25, -0.2) is 4.98 Å². The molecule has 3 heterocycles. The summed E-state index contributed by atoms with van der Waals surface area (Å²) in [7, 11) is 0.